The van der Waals surface area contributed by atoms with Gasteiger partial charge >= 0.3 is 12.2 Å². The topological polar surface area (TPSA) is 111 Å². The lowest BCUT2D eigenvalue weighted by Crippen LogP contribution is -2.44. The maximum atomic E-state index is 13.9. The van der Waals surface area contributed by atoms with Gasteiger partial charge in [0.25, 0.3) is 0 Å². The van der Waals surface area contributed by atoms with E-state index in [0.717, 1.165) is 19.2 Å². The number of aromatic amines is 1. The van der Waals surface area contributed by atoms with Crippen LogP contribution in [-0.2, 0) is 12.7 Å². The molecule has 1 aromatic carbocycles. The van der Waals surface area contributed by atoms with Gasteiger partial charge in [-0.25, -0.2) is 14.8 Å². The molecule has 4 aromatic rings. The molecule has 0 bridgehead atoms. The van der Waals surface area contributed by atoms with Gasteiger partial charge < -0.3 is 15.0 Å². The van der Waals surface area contributed by atoms with Crippen LogP contribution in [0, 0.1) is 11.8 Å². The first-order valence-electron chi connectivity index (χ1n) is 12.7. The number of pyridine rings is 2. The van der Waals surface area contributed by atoms with Crippen LogP contribution in [-0.4, -0.2) is 76.3 Å². The van der Waals surface area contributed by atoms with Crippen molar-refractivity contribution in [2.75, 3.05) is 51.0 Å². The molecule has 5 rings (SSSR count). The molecule has 0 unspecified atom stereocenters. The zero-order valence-electron chi connectivity index (χ0n) is 22.3. The van der Waals surface area contributed by atoms with E-state index in [1.807, 2.05) is 11.9 Å². The molecule has 0 radical (unpaired) electrons. The van der Waals surface area contributed by atoms with Gasteiger partial charge in [-0.2, -0.15) is 13.2 Å². The standard InChI is InChI=1S/C28H27F3N8O2/c1-38-9-11-39(12-10-38)17-20-5-6-21(15-23(20)28(29,30)31)34-27(40)35-24-14-18(7-8-32-24)3-4-19-13-22-25(33-16-19)36-37-26(22)41-2/h5-8,13-16H,9-12,17H2,1-2H3,(H,33,36,37)(H2,32,34,35,40). The molecule has 3 N–H and O–H groups in total. The first-order chi connectivity index (χ1) is 19.7. The second-order valence-electron chi connectivity index (χ2n) is 9.56. The number of nitrogens with one attached hydrogen (secondary N) is 3. The minimum absolute atomic E-state index is 0.0189. The number of urea groups is 1. The van der Waals surface area contributed by atoms with Gasteiger partial charge in [-0.05, 0) is 42.9 Å². The van der Waals surface area contributed by atoms with E-state index in [1.54, 1.807) is 24.4 Å². The Balaban J connectivity index is 1.26. The zero-order chi connectivity index (χ0) is 29.0. The van der Waals surface area contributed by atoms with Crippen LogP contribution in [0.2, 0.25) is 0 Å². The molecule has 0 atom stereocenters. The number of ether oxygens (including phenoxy) is 1. The molecule has 4 heterocycles. The van der Waals surface area contributed by atoms with E-state index in [1.165, 1.54) is 25.4 Å². The summed E-state index contributed by atoms with van der Waals surface area (Å²) in [5.74, 6) is 6.56. The average Bonchev–Trinajstić information content (AvgIpc) is 3.36. The number of anilines is 2. The molecule has 0 aliphatic carbocycles. The molecular formula is C28H27F3N8O2. The Hall–Kier alpha value is -4.67. The number of methoxy groups -OCH3 is 1. The van der Waals surface area contributed by atoms with E-state index in [0.29, 0.717) is 41.1 Å². The number of hydrogen-bond donors (Lipinski definition) is 3. The highest BCUT2D eigenvalue weighted by atomic mass is 19.4. The highest BCUT2D eigenvalue weighted by molar-refractivity contribution is 5.99. The quantitative estimate of drug-likeness (QED) is 0.312. The molecule has 212 valence electrons. The minimum Gasteiger partial charge on any atom is -0.479 e. The van der Waals surface area contributed by atoms with Crippen LogP contribution in [0.3, 0.4) is 0 Å². The molecule has 1 aliphatic heterocycles. The summed E-state index contributed by atoms with van der Waals surface area (Å²) < 4.78 is 46.8. The highest BCUT2D eigenvalue weighted by Crippen LogP contribution is 2.34. The van der Waals surface area contributed by atoms with E-state index in [2.05, 4.69) is 47.5 Å². The van der Waals surface area contributed by atoms with E-state index in [-0.39, 0.29) is 23.6 Å². The number of halogens is 3. The van der Waals surface area contributed by atoms with Crippen LogP contribution in [0.1, 0.15) is 22.3 Å². The molecular weight excluding hydrogens is 537 g/mol. The van der Waals surface area contributed by atoms with Crippen molar-refractivity contribution >= 4 is 28.6 Å². The summed E-state index contributed by atoms with van der Waals surface area (Å²) in [5.41, 5.74) is 1.16. The lowest BCUT2D eigenvalue weighted by Gasteiger charge is -2.33. The van der Waals surface area contributed by atoms with E-state index < -0.39 is 17.8 Å². The number of carbonyl (C=O) groups excluding carboxylic acids is 1. The number of likely N-dealkylation sites (N-methyl/N-ethyl adjacent to an activating group) is 1. The van der Waals surface area contributed by atoms with E-state index in [4.69, 9.17) is 4.74 Å². The lowest BCUT2D eigenvalue weighted by molar-refractivity contribution is -0.138. The van der Waals surface area contributed by atoms with Crippen LogP contribution in [0.15, 0.2) is 48.8 Å². The van der Waals surface area contributed by atoms with Crippen LogP contribution in [0.25, 0.3) is 11.0 Å². The molecule has 13 heteroatoms. The van der Waals surface area contributed by atoms with Crippen LogP contribution in [0.5, 0.6) is 5.88 Å². The number of carbonyl (C=O) groups is 1. The number of fused-ring (bicyclic) bond motifs is 1. The highest BCUT2D eigenvalue weighted by Gasteiger charge is 2.34. The van der Waals surface area contributed by atoms with Gasteiger partial charge in [-0.3, -0.25) is 15.3 Å². The molecule has 3 aromatic heterocycles. The third kappa shape index (κ3) is 6.92. The number of amides is 2. The Morgan fingerprint density at radius 3 is 2.59 bits per heavy atom. The second-order valence-corrected chi connectivity index (χ2v) is 9.56. The molecule has 0 spiro atoms. The Morgan fingerprint density at radius 2 is 1.83 bits per heavy atom. The summed E-state index contributed by atoms with van der Waals surface area (Å²) >= 11 is 0. The van der Waals surface area contributed by atoms with Gasteiger partial charge in [0.2, 0.25) is 5.88 Å². The smallest absolute Gasteiger partial charge is 0.416 e. The Labute approximate surface area is 233 Å². The third-order valence-corrected chi connectivity index (χ3v) is 6.59. The summed E-state index contributed by atoms with van der Waals surface area (Å²) in [6, 6.07) is 8.11. The Bertz CT molecular complexity index is 1620. The largest absolute Gasteiger partial charge is 0.479 e. The lowest BCUT2D eigenvalue weighted by atomic mass is 10.0. The predicted octanol–water partition coefficient (Wildman–Crippen LogP) is 4.17. The number of aromatic nitrogens is 4. The monoisotopic (exact) mass is 564 g/mol. The molecule has 41 heavy (non-hydrogen) atoms. The van der Waals surface area contributed by atoms with Crippen LogP contribution >= 0.6 is 0 Å². The number of piperazine rings is 1. The number of benzene rings is 1. The molecule has 1 fully saturated rings. The summed E-state index contributed by atoms with van der Waals surface area (Å²) in [6.07, 6.45) is -1.51. The van der Waals surface area contributed by atoms with Gasteiger partial charge in [0.1, 0.15) is 5.82 Å². The SMILES string of the molecule is COc1n[nH]c2ncc(C#Cc3ccnc(NC(=O)Nc4ccc(CN5CCN(C)CC5)c(C(F)(F)F)c4)c3)cc12. The van der Waals surface area contributed by atoms with Gasteiger partial charge in [0.05, 0.1) is 18.1 Å². The summed E-state index contributed by atoms with van der Waals surface area (Å²) in [4.78, 5) is 25.1. The van der Waals surface area contributed by atoms with Crippen molar-refractivity contribution in [1.82, 2.24) is 30.0 Å². The number of H-pyrrole nitrogens is 1. The first-order valence-corrected chi connectivity index (χ1v) is 12.7. The molecule has 10 nitrogen and oxygen atoms in total. The van der Waals surface area contributed by atoms with Crippen LogP contribution < -0.4 is 15.4 Å². The van der Waals surface area contributed by atoms with Crippen molar-refractivity contribution in [1.29, 1.82) is 0 Å². The minimum atomic E-state index is -4.56. The van der Waals surface area contributed by atoms with Crippen molar-refractivity contribution < 1.29 is 22.7 Å². The molecule has 1 saturated heterocycles. The molecule has 2 amide bonds. The maximum Gasteiger partial charge on any atom is 0.416 e. The van der Waals surface area contributed by atoms with E-state index in [9.17, 15) is 18.0 Å². The summed E-state index contributed by atoms with van der Waals surface area (Å²) in [5, 5.41) is 12.5. The Morgan fingerprint density at radius 1 is 1.05 bits per heavy atom. The van der Waals surface area contributed by atoms with Crippen LogP contribution in [0.4, 0.5) is 29.5 Å². The van der Waals surface area contributed by atoms with Gasteiger partial charge in [-0.1, -0.05) is 17.9 Å². The van der Waals surface area contributed by atoms with Gasteiger partial charge in [-0.15, -0.1) is 5.10 Å². The fourth-order valence-electron chi connectivity index (χ4n) is 4.41. The number of rotatable bonds is 5. The fraction of sp³-hybridized carbons (Fsp3) is 0.286. The Kier molecular flexibility index (Phi) is 8.04. The van der Waals surface area contributed by atoms with Crippen molar-refractivity contribution in [3.63, 3.8) is 0 Å². The predicted molar refractivity (Wildman–Crippen MR) is 148 cm³/mol. The molecule has 1 aliphatic rings. The van der Waals surface area contributed by atoms with Crippen molar-refractivity contribution in [3.05, 3.63) is 71.0 Å². The number of nitrogens with zero attached hydrogens (tertiary/aromatic N) is 5. The maximum absolute atomic E-state index is 13.9. The first kappa shape index (κ1) is 27.9. The molecule has 0 saturated carbocycles. The van der Waals surface area contributed by atoms with Gasteiger partial charge in [0.15, 0.2) is 5.65 Å². The summed E-state index contributed by atoms with van der Waals surface area (Å²) in [6.45, 7) is 3.17. The normalized spacial score (nSPS) is 14.4. The van der Waals surface area contributed by atoms with Crippen molar-refractivity contribution in [2.24, 2.45) is 0 Å². The average molecular weight is 565 g/mol. The fourth-order valence-corrected chi connectivity index (χ4v) is 4.41. The number of hydrogen-bond acceptors (Lipinski definition) is 7. The zero-order valence-corrected chi connectivity index (χ0v) is 22.3. The van der Waals surface area contributed by atoms with Crippen molar-refractivity contribution in [2.45, 2.75) is 12.7 Å². The summed E-state index contributed by atoms with van der Waals surface area (Å²) in [7, 11) is 3.50. The second kappa shape index (κ2) is 11.8. The van der Waals surface area contributed by atoms with E-state index >= 15 is 0 Å². The van der Waals surface area contributed by atoms with Gasteiger partial charge in [0, 0.05) is 61.9 Å². The number of alkyl halides is 3. The van der Waals surface area contributed by atoms with Crippen molar-refractivity contribution in [3.8, 4) is 17.7 Å². The third-order valence-electron chi connectivity index (χ3n) is 6.59.